The van der Waals surface area contributed by atoms with Gasteiger partial charge in [0.2, 0.25) is 0 Å². The largest absolute Gasteiger partial charge is 0.362 e. The van der Waals surface area contributed by atoms with E-state index >= 15 is 0 Å². The molecule has 1 aromatic carbocycles. The van der Waals surface area contributed by atoms with Gasteiger partial charge in [-0.3, -0.25) is 0 Å². The summed E-state index contributed by atoms with van der Waals surface area (Å²) in [6.07, 6.45) is 2.26. The van der Waals surface area contributed by atoms with Crippen LogP contribution in [-0.4, -0.2) is 24.9 Å². The first kappa shape index (κ1) is 17.2. The Morgan fingerprint density at radius 3 is 2.06 bits per heavy atom. The highest BCUT2D eigenvalue weighted by Crippen LogP contribution is 2.28. The highest BCUT2D eigenvalue weighted by Gasteiger charge is 2.31. The minimum atomic E-state index is -2.62. The van der Waals surface area contributed by atoms with Crippen LogP contribution in [0.15, 0.2) is 43.0 Å². The summed E-state index contributed by atoms with van der Waals surface area (Å²) in [7, 11) is -2.62. The molecule has 0 aliphatic heterocycles. The summed E-state index contributed by atoms with van der Waals surface area (Å²) in [4.78, 5) is 21.7. The lowest BCUT2D eigenvalue weighted by Gasteiger charge is -2.28. The van der Waals surface area contributed by atoms with Gasteiger partial charge in [0.15, 0.2) is 5.79 Å². The van der Waals surface area contributed by atoms with E-state index in [4.69, 9.17) is 14.7 Å². The minimum absolute atomic E-state index is 0.262. The summed E-state index contributed by atoms with van der Waals surface area (Å²) in [5.74, 6) is -2.03. The first-order valence-corrected chi connectivity index (χ1v) is 6.50. The maximum Gasteiger partial charge on any atom is 0.324 e. The molecule has 5 N–H and O–H groups in total. The standard InChI is InChI=1S/C12H16O2.H3O3P/c1-3-7-10(2)12(13,14)11-8-5-4-6-9-11;1-4(2)3/h3-6,8-10,13-14H,1,7H2,2H3;1-3H. The van der Waals surface area contributed by atoms with E-state index in [-0.39, 0.29) is 5.92 Å². The first-order chi connectivity index (χ1) is 8.32. The molecule has 0 heterocycles. The van der Waals surface area contributed by atoms with Gasteiger partial charge in [-0.15, -0.1) is 6.58 Å². The fourth-order valence-electron chi connectivity index (χ4n) is 1.38. The molecule has 0 saturated carbocycles. The van der Waals surface area contributed by atoms with E-state index in [1.54, 1.807) is 37.3 Å². The molecule has 18 heavy (non-hydrogen) atoms. The van der Waals surface area contributed by atoms with Crippen LogP contribution in [0.2, 0.25) is 0 Å². The number of benzene rings is 1. The summed E-state index contributed by atoms with van der Waals surface area (Å²) >= 11 is 0. The second kappa shape index (κ2) is 8.32. The molecular formula is C12H19O5P. The normalized spacial score (nSPS) is 12.6. The second-order valence-electron chi connectivity index (χ2n) is 3.79. The smallest absolute Gasteiger partial charge is 0.324 e. The van der Waals surface area contributed by atoms with Gasteiger partial charge in [0.05, 0.1) is 0 Å². The van der Waals surface area contributed by atoms with Crippen molar-refractivity contribution >= 4 is 8.60 Å². The minimum Gasteiger partial charge on any atom is -0.362 e. The van der Waals surface area contributed by atoms with Gasteiger partial charge in [0.1, 0.15) is 0 Å². The van der Waals surface area contributed by atoms with Gasteiger partial charge in [-0.05, 0) is 6.42 Å². The van der Waals surface area contributed by atoms with E-state index in [1.807, 2.05) is 6.07 Å². The van der Waals surface area contributed by atoms with Crippen LogP contribution in [0.25, 0.3) is 0 Å². The average Bonchev–Trinajstić information content (AvgIpc) is 2.29. The van der Waals surface area contributed by atoms with Crippen LogP contribution in [0.5, 0.6) is 0 Å². The van der Waals surface area contributed by atoms with Crippen molar-refractivity contribution in [1.82, 2.24) is 0 Å². The Morgan fingerprint density at radius 1 is 1.22 bits per heavy atom. The molecule has 0 radical (unpaired) electrons. The topological polar surface area (TPSA) is 101 Å². The molecule has 0 bridgehead atoms. The van der Waals surface area contributed by atoms with Gasteiger partial charge in [0, 0.05) is 11.5 Å². The second-order valence-corrected chi connectivity index (χ2v) is 4.32. The molecule has 5 nitrogen and oxygen atoms in total. The molecule has 0 amide bonds. The summed E-state index contributed by atoms with van der Waals surface area (Å²) in [5.41, 5.74) is 0.523. The highest BCUT2D eigenvalue weighted by atomic mass is 31.2. The average molecular weight is 274 g/mol. The van der Waals surface area contributed by atoms with Crippen LogP contribution in [-0.2, 0) is 5.79 Å². The van der Waals surface area contributed by atoms with Gasteiger partial charge in [-0.1, -0.05) is 43.3 Å². The van der Waals surface area contributed by atoms with Gasteiger partial charge in [0.25, 0.3) is 0 Å². The highest BCUT2D eigenvalue weighted by molar-refractivity contribution is 7.38. The third-order valence-corrected chi connectivity index (χ3v) is 2.41. The molecule has 1 atom stereocenters. The molecule has 0 aliphatic carbocycles. The Balaban J connectivity index is 0.000000631. The van der Waals surface area contributed by atoms with Crippen molar-refractivity contribution in [2.45, 2.75) is 19.1 Å². The maximum absolute atomic E-state index is 9.89. The van der Waals surface area contributed by atoms with Crippen LogP contribution in [0.1, 0.15) is 18.9 Å². The number of aliphatic hydroxyl groups is 2. The zero-order chi connectivity index (χ0) is 14.2. The van der Waals surface area contributed by atoms with Crippen molar-refractivity contribution in [2.75, 3.05) is 0 Å². The molecule has 0 aromatic heterocycles. The van der Waals surface area contributed by atoms with Crippen LogP contribution in [0.3, 0.4) is 0 Å². The van der Waals surface area contributed by atoms with E-state index in [0.29, 0.717) is 12.0 Å². The molecule has 6 heteroatoms. The van der Waals surface area contributed by atoms with Gasteiger partial charge in [-0.2, -0.15) is 0 Å². The molecule has 0 fully saturated rings. The summed E-state index contributed by atoms with van der Waals surface area (Å²) in [6.45, 7) is 5.37. The SMILES string of the molecule is C=CCC(C)C(O)(O)c1ccccc1.OP(O)O. The molecule has 1 aromatic rings. The van der Waals surface area contributed by atoms with Crippen molar-refractivity contribution < 1.29 is 24.9 Å². The number of hydrogen-bond donors (Lipinski definition) is 5. The fraction of sp³-hybridized carbons (Fsp3) is 0.333. The molecule has 102 valence electrons. The maximum atomic E-state index is 9.89. The van der Waals surface area contributed by atoms with E-state index < -0.39 is 14.4 Å². The lowest BCUT2D eigenvalue weighted by molar-refractivity contribution is -0.205. The zero-order valence-corrected chi connectivity index (χ0v) is 11.0. The van der Waals surface area contributed by atoms with Crippen molar-refractivity contribution in [1.29, 1.82) is 0 Å². The van der Waals surface area contributed by atoms with Gasteiger partial charge < -0.3 is 24.9 Å². The molecular weight excluding hydrogens is 255 g/mol. The van der Waals surface area contributed by atoms with Crippen molar-refractivity contribution in [3.63, 3.8) is 0 Å². The van der Waals surface area contributed by atoms with E-state index in [2.05, 4.69) is 6.58 Å². The van der Waals surface area contributed by atoms with Gasteiger partial charge >= 0.3 is 8.60 Å². The van der Waals surface area contributed by atoms with Crippen molar-refractivity contribution in [3.8, 4) is 0 Å². The monoisotopic (exact) mass is 274 g/mol. The van der Waals surface area contributed by atoms with Gasteiger partial charge in [-0.25, -0.2) is 0 Å². The summed E-state index contributed by atoms with van der Waals surface area (Å²) in [5, 5.41) is 19.8. The predicted molar refractivity (Wildman–Crippen MR) is 70.1 cm³/mol. The molecule has 0 saturated heterocycles. The number of rotatable bonds is 4. The zero-order valence-electron chi connectivity index (χ0n) is 10.1. The van der Waals surface area contributed by atoms with Crippen LogP contribution < -0.4 is 0 Å². The molecule has 0 spiro atoms. The Kier molecular flexibility index (Phi) is 7.95. The molecule has 1 rings (SSSR count). The van der Waals surface area contributed by atoms with E-state index in [0.717, 1.165) is 0 Å². The lowest BCUT2D eigenvalue weighted by Crippen LogP contribution is -2.32. The molecule has 0 aliphatic rings. The first-order valence-electron chi connectivity index (χ1n) is 5.30. The van der Waals surface area contributed by atoms with Crippen LogP contribution in [0.4, 0.5) is 0 Å². The number of allylic oxidation sites excluding steroid dienone is 1. The third-order valence-electron chi connectivity index (χ3n) is 2.41. The Morgan fingerprint density at radius 2 is 1.67 bits per heavy atom. The lowest BCUT2D eigenvalue weighted by atomic mass is 9.91. The summed E-state index contributed by atoms with van der Waals surface area (Å²) < 4.78 is 0. The quantitative estimate of drug-likeness (QED) is 0.323. The Bertz CT molecular complexity index is 337. The Labute approximate surface area is 108 Å². The fourth-order valence-corrected chi connectivity index (χ4v) is 1.38. The molecule has 1 unspecified atom stereocenters. The van der Waals surface area contributed by atoms with Crippen molar-refractivity contribution in [3.05, 3.63) is 48.6 Å². The summed E-state index contributed by atoms with van der Waals surface area (Å²) in [6, 6.07) is 8.84. The van der Waals surface area contributed by atoms with E-state index in [9.17, 15) is 10.2 Å². The van der Waals surface area contributed by atoms with Crippen molar-refractivity contribution in [2.24, 2.45) is 5.92 Å². The van der Waals surface area contributed by atoms with Crippen LogP contribution in [0, 0.1) is 5.92 Å². The number of hydrogen-bond acceptors (Lipinski definition) is 5. The van der Waals surface area contributed by atoms with E-state index in [1.165, 1.54) is 0 Å². The predicted octanol–water partition coefficient (Wildman–Crippen LogP) is 1.23. The Hall–Kier alpha value is -0.810. The third kappa shape index (κ3) is 6.21. The van der Waals surface area contributed by atoms with Crippen LogP contribution >= 0.6 is 8.60 Å².